The van der Waals surface area contributed by atoms with Crippen LogP contribution >= 0.6 is 11.6 Å². The maximum Gasteiger partial charge on any atom is 0.316 e. The SMILES string of the molecule is CC1(COc2c(N3CCN(S(=O)(=O)Cc4ccc(F)cc4)CC3)cnn(-c3cccc(Cl)c3)c2=O)CC1. The Morgan fingerprint density at radius 2 is 1.78 bits per heavy atom. The molecular weight excluding hydrogens is 519 g/mol. The summed E-state index contributed by atoms with van der Waals surface area (Å²) in [6.07, 6.45) is 3.68. The summed E-state index contributed by atoms with van der Waals surface area (Å²) in [6, 6.07) is 12.3. The number of hydrogen-bond acceptors (Lipinski definition) is 6. The minimum atomic E-state index is -3.58. The fourth-order valence-electron chi connectivity index (χ4n) is 4.28. The minimum absolute atomic E-state index is 0.0565. The van der Waals surface area contributed by atoms with Gasteiger partial charge in [-0.15, -0.1) is 0 Å². The monoisotopic (exact) mass is 546 g/mol. The van der Waals surface area contributed by atoms with E-state index in [0.717, 1.165) is 12.8 Å². The van der Waals surface area contributed by atoms with Gasteiger partial charge in [-0.3, -0.25) is 4.79 Å². The van der Waals surface area contributed by atoms with Gasteiger partial charge in [0, 0.05) is 36.6 Å². The van der Waals surface area contributed by atoms with Gasteiger partial charge in [-0.05, 0) is 48.7 Å². The van der Waals surface area contributed by atoms with Crippen molar-refractivity contribution in [2.75, 3.05) is 37.7 Å². The molecule has 3 aromatic rings. The largest absolute Gasteiger partial charge is 0.486 e. The Morgan fingerprint density at radius 1 is 1.08 bits per heavy atom. The number of halogens is 2. The van der Waals surface area contributed by atoms with Crippen LogP contribution in [0.15, 0.2) is 59.5 Å². The number of hydrogen-bond donors (Lipinski definition) is 0. The molecule has 2 aromatic carbocycles. The van der Waals surface area contributed by atoms with Crippen LogP contribution in [0.25, 0.3) is 5.69 Å². The smallest absolute Gasteiger partial charge is 0.316 e. The van der Waals surface area contributed by atoms with E-state index in [-0.39, 0.29) is 30.0 Å². The van der Waals surface area contributed by atoms with Gasteiger partial charge in [-0.25, -0.2) is 12.8 Å². The van der Waals surface area contributed by atoms with Gasteiger partial charge < -0.3 is 9.64 Å². The summed E-state index contributed by atoms with van der Waals surface area (Å²) in [6.45, 7) is 3.78. The highest BCUT2D eigenvalue weighted by molar-refractivity contribution is 7.88. The Bertz CT molecular complexity index is 1450. The van der Waals surface area contributed by atoms with Crippen LogP contribution in [0.4, 0.5) is 10.1 Å². The normalized spacial score (nSPS) is 17.5. The summed E-state index contributed by atoms with van der Waals surface area (Å²) < 4.78 is 47.9. The second kappa shape index (κ2) is 10.1. The topological polar surface area (TPSA) is 84.7 Å². The lowest BCUT2D eigenvalue weighted by Crippen LogP contribution is -2.49. The number of anilines is 1. The molecule has 0 N–H and O–H groups in total. The summed E-state index contributed by atoms with van der Waals surface area (Å²) in [4.78, 5) is 15.4. The van der Waals surface area contributed by atoms with Crippen LogP contribution in [-0.4, -0.2) is 55.3 Å². The Balaban J connectivity index is 1.36. The number of rotatable bonds is 8. The van der Waals surface area contributed by atoms with Crippen LogP contribution in [0, 0.1) is 11.2 Å². The number of piperazine rings is 1. The van der Waals surface area contributed by atoms with Crippen LogP contribution in [0.1, 0.15) is 25.3 Å². The third kappa shape index (κ3) is 5.81. The average Bonchev–Trinajstić information content (AvgIpc) is 3.61. The van der Waals surface area contributed by atoms with E-state index in [2.05, 4.69) is 12.0 Å². The number of sulfonamides is 1. The summed E-state index contributed by atoms with van der Waals surface area (Å²) in [7, 11) is -3.58. The molecule has 2 aliphatic rings. The van der Waals surface area contributed by atoms with Gasteiger partial charge in [-0.2, -0.15) is 14.1 Å². The minimum Gasteiger partial charge on any atom is -0.486 e. The zero-order valence-electron chi connectivity index (χ0n) is 20.4. The van der Waals surface area contributed by atoms with E-state index in [1.165, 1.54) is 33.3 Å². The fraction of sp³-hybridized carbons (Fsp3) is 0.385. The van der Waals surface area contributed by atoms with Crippen molar-refractivity contribution in [2.24, 2.45) is 5.41 Å². The van der Waals surface area contributed by atoms with E-state index in [9.17, 15) is 17.6 Å². The van der Waals surface area contributed by atoms with Gasteiger partial charge in [-0.1, -0.05) is 36.7 Å². The highest BCUT2D eigenvalue weighted by Crippen LogP contribution is 2.45. The van der Waals surface area contributed by atoms with Crippen LogP contribution in [-0.2, 0) is 15.8 Å². The molecular formula is C26H28ClFN4O4S. The van der Waals surface area contributed by atoms with Crippen molar-refractivity contribution < 1.29 is 17.5 Å². The molecule has 0 spiro atoms. The lowest BCUT2D eigenvalue weighted by atomic mass is 10.2. The maximum atomic E-state index is 13.5. The number of aromatic nitrogens is 2. The molecule has 0 unspecified atom stereocenters. The lowest BCUT2D eigenvalue weighted by molar-refractivity contribution is 0.242. The van der Waals surface area contributed by atoms with Crippen LogP contribution in [0.3, 0.4) is 0 Å². The predicted octanol–water partition coefficient (Wildman–Crippen LogP) is 3.86. The van der Waals surface area contributed by atoms with Crippen LogP contribution in [0.5, 0.6) is 5.75 Å². The zero-order valence-corrected chi connectivity index (χ0v) is 22.0. The van der Waals surface area contributed by atoms with Gasteiger partial charge in [0.1, 0.15) is 11.5 Å². The third-order valence-corrected chi connectivity index (χ3v) is 8.96. The van der Waals surface area contributed by atoms with E-state index in [1.807, 2.05) is 4.90 Å². The molecule has 1 aliphatic carbocycles. The van der Waals surface area contributed by atoms with Crippen molar-refractivity contribution in [3.63, 3.8) is 0 Å². The summed E-state index contributed by atoms with van der Waals surface area (Å²) in [5.41, 5.74) is 1.27. The first kappa shape index (κ1) is 25.7. The van der Waals surface area contributed by atoms with Crippen LogP contribution in [0.2, 0.25) is 5.02 Å². The molecule has 0 amide bonds. The molecule has 8 nitrogen and oxygen atoms in total. The van der Waals surface area contributed by atoms with E-state index >= 15 is 0 Å². The molecule has 0 atom stereocenters. The number of benzene rings is 2. The highest BCUT2D eigenvalue weighted by atomic mass is 35.5. The average molecular weight is 547 g/mol. The van der Waals surface area contributed by atoms with E-state index in [4.69, 9.17) is 16.3 Å². The third-order valence-electron chi connectivity index (χ3n) is 6.87. The second-order valence-electron chi connectivity index (χ2n) is 9.92. The molecule has 1 aromatic heterocycles. The number of ether oxygens (including phenoxy) is 1. The zero-order chi connectivity index (χ0) is 26.2. The first-order valence-electron chi connectivity index (χ1n) is 12.1. The first-order chi connectivity index (χ1) is 17.6. The van der Waals surface area contributed by atoms with Gasteiger partial charge in [0.15, 0.2) is 0 Å². The van der Waals surface area contributed by atoms with E-state index in [1.54, 1.807) is 30.5 Å². The van der Waals surface area contributed by atoms with Crippen molar-refractivity contribution in [3.05, 3.63) is 81.5 Å². The highest BCUT2D eigenvalue weighted by Gasteiger charge is 2.39. The Kier molecular flexibility index (Phi) is 6.99. The van der Waals surface area contributed by atoms with Gasteiger partial charge in [0.25, 0.3) is 0 Å². The van der Waals surface area contributed by atoms with Crippen LogP contribution < -0.4 is 15.2 Å². The van der Waals surface area contributed by atoms with Crippen molar-refractivity contribution in [2.45, 2.75) is 25.5 Å². The molecule has 37 heavy (non-hydrogen) atoms. The predicted molar refractivity (Wildman–Crippen MR) is 140 cm³/mol. The Labute approximate surface area is 220 Å². The van der Waals surface area contributed by atoms with E-state index in [0.29, 0.717) is 41.7 Å². The first-order valence-corrected chi connectivity index (χ1v) is 14.1. The van der Waals surface area contributed by atoms with Gasteiger partial charge in [0.05, 0.1) is 24.2 Å². The fourth-order valence-corrected chi connectivity index (χ4v) is 5.98. The standard InChI is InChI=1S/C26H28ClFN4O4S/c1-26(9-10-26)18-36-24-23(16-29-32(25(24)33)22-4-2-3-20(27)15-22)30-11-13-31(14-12-30)37(34,35)17-19-5-7-21(28)8-6-19/h2-8,15-16H,9-14,17-18H2,1H3. The molecule has 0 bridgehead atoms. The maximum absolute atomic E-state index is 13.5. The number of nitrogens with zero attached hydrogens (tertiary/aromatic N) is 4. The molecule has 2 heterocycles. The molecule has 1 aliphatic heterocycles. The van der Waals surface area contributed by atoms with Crippen molar-refractivity contribution in [3.8, 4) is 11.4 Å². The van der Waals surface area contributed by atoms with Crippen molar-refractivity contribution >= 4 is 27.3 Å². The Hall–Kier alpha value is -2.95. The van der Waals surface area contributed by atoms with E-state index < -0.39 is 21.4 Å². The summed E-state index contributed by atoms with van der Waals surface area (Å²) in [5.74, 6) is -0.405. The molecule has 11 heteroatoms. The molecule has 1 saturated carbocycles. The van der Waals surface area contributed by atoms with Gasteiger partial charge in [0.2, 0.25) is 15.8 Å². The van der Waals surface area contributed by atoms with Crippen molar-refractivity contribution in [1.29, 1.82) is 0 Å². The lowest BCUT2D eigenvalue weighted by Gasteiger charge is -2.35. The molecule has 0 radical (unpaired) electrons. The Morgan fingerprint density at radius 3 is 2.43 bits per heavy atom. The summed E-state index contributed by atoms with van der Waals surface area (Å²) >= 11 is 6.12. The quantitative estimate of drug-likeness (QED) is 0.427. The molecule has 1 saturated heterocycles. The molecule has 5 rings (SSSR count). The second-order valence-corrected chi connectivity index (χ2v) is 12.3. The van der Waals surface area contributed by atoms with Crippen molar-refractivity contribution in [1.82, 2.24) is 14.1 Å². The molecule has 196 valence electrons. The van der Waals surface area contributed by atoms with Gasteiger partial charge >= 0.3 is 5.56 Å². The molecule has 2 fully saturated rings. The summed E-state index contributed by atoms with van der Waals surface area (Å²) in [5, 5.41) is 4.86.